The van der Waals surface area contributed by atoms with E-state index in [0.29, 0.717) is 18.0 Å². The Morgan fingerprint density at radius 3 is 2.38 bits per heavy atom. The van der Waals surface area contributed by atoms with Gasteiger partial charge in [-0.3, -0.25) is 4.90 Å². The van der Waals surface area contributed by atoms with Crippen LogP contribution in [0.4, 0.5) is 0 Å². The van der Waals surface area contributed by atoms with Crippen LogP contribution in [0.1, 0.15) is 33.1 Å². The molecule has 0 radical (unpaired) electrons. The predicted molar refractivity (Wildman–Crippen MR) is 59.3 cm³/mol. The first-order chi connectivity index (χ1) is 6.15. The number of hydrogen-bond acceptors (Lipinski definition) is 1. The first kappa shape index (κ1) is 11.1. The summed E-state index contributed by atoms with van der Waals surface area (Å²) in [7, 11) is 0. The van der Waals surface area contributed by atoms with Crippen LogP contribution in [-0.4, -0.2) is 29.4 Å². The highest BCUT2D eigenvalue weighted by Gasteiger charge is 2.24. The minimum absolute atomic E-state index is 0.593. The summed E-state index contributed by atoms with van der Waals surface area (Å²) in [6.07, 6.45) is 4.01. The largest absolute Gasteiger partial charge is 0.294 e. The Morgan fingerprint density at radius 2 is 1.92 bits per heavy atom. The first-order valence-electron chi connectivity index (χ1n) is 5.13. The molecule has 1 nitrogen and oxygen atoms in total. The van der Waals surface area contributed by atoms with Crippen molar-refractivity contribution >= 4 is 11.6 Å². The van der Waals surface area contributed by atoms with Gasteiger partial charge in [0.15, 0.2) is 0 Å². The van der Waals surface area contributed by atoms with Gasteiger partial charge < -0.3 is 0 Å². The van der Waals surface area contributed by atoms with Crippen molar-refractivity contribution in [2.24, 2.45) is 0 Å². The van der Waals surface area contributed by atoms with Gasteiger partial charge in [0, 0.05) is 24.5 Å². The number of nitrogens with zero attached hydrogens (tertiary/aromatic N) is 1. The lowest BCUT2D eigenvalue weighted by molar-refractivity contribution is 0.116. The summed E-state index contributed by atoms with van der Waals surface area (Å²) in [5.41, 5.74) is 1.14. The number of hydrogen-bond donors (Lipinski definition) is 0. The van der Waals surface area contributed by atoms with E-state index in [1.54, 1.807) is 0 Å². The molecule has 0 aromatic rings. The van der Waals surface area contributed by atoms with Crippen LogP contribution in [-0.2, 0) is 0 Å². The topological polar surface area (TPSA) is 3.24 Å². The molecule has 2 atom stereocenters. The van der Waals surface area contributed by atoms with Crippen molar-refractivity contribution in [3.05, 3.63) is 12.2 Å². The van der Waals surface area contributed by atoms with Gasteiger partial charge >= 0.3 is 0 Å². The zero-order chi connectivity index (χ0) is 9.84. The predicted octanol–water partition coefficient (Wildman–Crippen LogP) is 3.04. The van der Waals surface area contributed by atoms with E-state index in [4.69, 9.17) is 11.6 Å². The third kappa shape index (κ3) is 2.99. The Labute approximate surface area is 86.8 Å². The summed E-state index contributed by atoms with van der Waals surface area (Å²) in [5, 5.41) is 0. The molecule has 1 rings (SSSR count). The van der Waals surface area contributed by atoms with E-state index in [9.17, 15) is 0 Å². The average molecular weight is 202 g/mol. The van der Waals surface area contributed by atoms with E-state index in [0.717, 1.165) is 12.1 Å². The Balaban J connectivity index is 2.48. The summed E-state index contributed by atoms with van der Waals surface area (Å²) in [6.45, 7) is 9.55. The van der Waals surface area contributed by atoms with Crippen molar-refractivity contribution in [1.29, 1.82) is 0 Å². The number of likely N-dealkylation sites (tertiary alicyclic amines) is 1. The second-order valence-electron chi connectivity index (χ2n) is 4.18. The highest BCUT2D eigenvalue weighted by Crippen LogP contribution is 2.23. The molecule has 0 bridgehead atoms. The Morgan fingerprint density at radius 1 is 1.38 bits per heavy atom. The van der Waals surface area contributed by atoms with Gasteiger partial charge in [-0.15, -0.1) is 11.6 Å². The van der Waals surface area contributed by atoms with Crippen LogP contribution < -0.4 is 0 Å². The van der Waals surface area contributed by atoms with E-state index < -0.39 is 0 Å². The highest BCUT2D eigenvalue weighted by molar-refractivity contribution is 6.19. The number of piperidine rings is 1. The molecule has 1 heterocycles. The van der Waals surface area contributed by atoms with Crippen molar-refractivity contribution in [3.63, 3.8) is 0 Å². The van der Waals surface area contributed by atoms with Crippen molar-refractivity contribution in [1.82, 2.24) is 4.90 Å². The van der Waals surface area contributed by atoms with Crippen molar-refractivity contribution in [2.45, 2.75) is 45.2 Å². The molecule has 76 valence electrons. The molecule has 1 aliphatic heterocycles. The number of alkyl halides is 1. The van der Waals surface area contributed by atoms with Gasteiger partial charge in [-0.1, -0.05) is 13.0 Å². The fraction of sp³-hybridized carbons (Fsp3) is 0.818. The van der Waals surface area contributed by atoms with E-state index in [-0.39, 0.29) is 0 Å². The number of halogens is 1. The molecule has 1 aliphatic rings. The Kier molecular flexibility index (Phi) is 4.27. The van der Waals surface area contributed by atoms with E-state index in [1.165, 1.54) is 19.3 Å². The van der Waals surface area contributed by atoms with Gasteiger partial charge in [-0.05, 0) is 32.3 Å². The van der Waals surface area contributed by atoms with Crippen molar-refractivity contribution in [2.75, 3.05) is 12.4 Å². The standard InChI is InChI=1S/C11H20ClN/c1-9(7-12)8-13-10(2)5-4-6-11(13)3/h10-11H,1,4-8H2,2-3H3. The van der Waals surface area contributed by atoms with Gasteiger partial charge in [-0.25, -0.2) is 0 Å². The molecular weight excluding hydrogens is 182 g/mol. The number of rotatable bonds is 3. The molecule has 13 heavy (non-hydrogen) atoms. The minimum atomic E-state index is 0.593. The van der Waals surface area contributed by atoms with Crippen LogP contribution in [0.3, 0.4) is 0 Å². The SMILES string of the molecule is C=C(CCl)CN1C(C)CCCC1C. The minimum Gasteiger partial charge on any atom is -0.294 e. The molecule has 2 heteroatoms. The summed E-state index contributed by atoms with van der Waals surface area (Å²) in [4.78, 5) is 2.52. The molecular formula is C11H20ClN. The van der Waals surface area contributed by atoms with Gasteiger partial charge in [0.2, 0.25) is 0 Å². The fourth-order valence-electron chi connectivity index (χ4n) is 2.09. The molecule has 0 saturated carbocycles. The van der Waals surface area contributed by atoms with Crippen LogP contribution in [0.2, 0.25) is 0 Å². The smallest absolute Gasteiger partial charge is 0.0443 e. The Hall–Kier alpha value is -0.0100. The van der Waals surface area contributed by atoms with Gasteiger partial charge in [0.25, 0.3) is 0 Å². The maximum atomic E-state index is 5.74. The summed E-state index contributed by atoms with van der Waals surface area (Å²) in [6, 6.07) is 1.40. The summed E-state index contributed by atoms with van der Waals surface area (Å²) in [5.74, 6) is 0.593. The second kappa shape index (κ2) is 5.02. The maximum Gasteiger partial charge on any atom is 0.0443 e. The van der Waals surface area contributed by atoms with Gasteiger partial charge in [0.05, 0.1) is 0 Å². The van der Waals surface area contributed by atoms with Crippen molar-refractivity contribution in [3.8, 4) is 0 Å². The van der Waals surface area contributed by atoms with Crippen LogP contribution in [0.15, 0.2) is 12.2 Å². The normalized spacial score (nSPS) is 30.4. The average Bonchev–Trinajstić information content (AvgIpc) is 2.11. The lowest BCUT2D eigenvalue weighted by atomic mass is 9.97. The first-order valence-corrected chi connectivity index (χ1v) is 5.67. The molecule has 0 aromatic carbocycles. The third-order valence-corrected chi connectivity index (χ3v) is 3.35. The van der Waals surface area contributed by atoms with E-state index >= 15 is 0 Å². The lowest BCUT2D eigenvalue weighted by Crippen LogP contribution is -2.44. The fourth-order valence-corrected chi connectivity index (χ4v) is 2.17. The molecule has 1 saturated heterocycles. The van der Waals surface area contributed by atoms with Gasteiger partial charge in [-0.2, -0.15) is 0 Å². The van der Waals surface area contributed by atoms with Crippen LogP contribution >= 0.6 is 11.6 Å². The van der Waals surface area contributed by atoms with Crippen LogP contribution in [0.5, 0.6) is 0 Å². The van der Waals surface area contributed by atoms with Gasteiger partial charge in [0.1, 0.15) is 0 Å². The molecule has 0 aromatic heterocycles. The quantitative estimate of drug-likeness (QED) is 0.501. The second-order valence-corrected chi connectivity index (χ2v) is 4.45. The van der Waals surface area contributed by atoms with E-state index in [2.05, 4.69) is 25.3 Å². The van der Waals surface area contributed by atoms with Crippen molar-refractivity contribution < 1.29 is 0 Å². The monoisotopic (exact) mass is 201 g/mol. The van der Waals surface area contributed by atoms with Crippen LogP contribution in [0, 0.1) is 0 Å². The Bertz CT molecular complexity index is 169. The zero-order valence-electron chi connectivity index (χ0n) is 8.72. The maximum absolute atomic E-state index is 5.74. The zero-order valence-corrected chi connectivity index (χ0v) is 9.48. The van der Waals surface area contributed by atoms with Crippen LogP contribution in [0.25, 0.3) is 0 Å². The lowest BCUT2D eigenvalue weighted by Gasteiger charge is -2.39. The molecule has 0 spiro atoms. The summed E-state index contributed by atoms with van der Waals surface area (Å²) >= 11 is 5.74. The summed E-state index contributed by atoms with van der Waals surface area (Å²) < 4.78 is 0. The molecule has 0 aliphatic carbocycles. The molecule has 0 amide bonds. The molecule has 0 N–H and O–H groups in total. The highest BCUT2D eigenvalue weighted by atomic mass is 35.5. The molecule has 1 fully saturated rings. The molecule has 2 unspecified atom stereocenters. The van der Waals surface area contributed by atoms with E-state index in [1.807, 2.05) is 0 Å². The third-order valence-electron chi connectivity index (χ3n) is 2.97.